The molecule has 1 aliphatic rings. The van der Waals surface area contributed by atoms with Gasteiger partial charge in [0.1, 0.15) is 0 Å². The van der Waals surface area contributed by atoms with Crippen LogP contribution in [0.15, 0.2) is 24.3 Å². The van der Waals surface area contributed by atoms with Crippen LogP contribution in [0, 0.1) is 0 Å². The molecule has 1 aromatic carbocycles. The second kappa shape index (κ2) is 4.12. The summed E-state index contributed by atoms with van der Waals surface area (Å²) in [6, 6.07) is 7.91. The molecule has 0 amide bonds. The minimum atomic E-state index is 0. The van der Waals surface area contributed by atoms with Gasteiger partial charge in [-0.15, -0.1) is 0 Å². The van der Waals surface area contributed by atoms with Crippen molar-refractivity contribution >= 4 is 0 Å². The van der Waals surface area contributed by atoms with Gasteiger partial charge in [0.2, 0.25) is 0 Å². The number of hydrogen-bond donors (Lipinski definition) is 0. The Morgan fingerprint density at radius 1 is 1.27 bits per heavy atom. The maximum absolute atomic E-state index is 4.92. The summed E-state index contributed by atoms with van der Waals surface area (Å²) in [5, 5.41) is 0. The summed E-state index contributed by atoms with van der Waals surface area (Å²) in [4.78, 5) is 9.72. The van der Waals surface area contributed by atoms with Crippen molar-refractivity contribution in [1.82, 2.24) is 0 Å². The molecule has 0 N–H and O–H groups in total. The molecule has 54 valence electrons. The Hall–Kier alpha value is -0.0200. The predicted octanol–water partition coefficient (Wildman–Crippen LogP) is -1.33. The molecule has 2 nitrogen and oxygen atoms in total. The first kappa shape index (κ1) is 9.07. The smallest absolute Gasteiger partial charge is 1.00 e. The zero-order valence-electron chi connectivity index (χ0n) is 7.54. The number of rotatable bonds is 0. The van der Waals surface area contributed by atoms with Crippen LogP contribution in [0.2, 0.25) is 0 Å². The molecule has 0 aromatic heterocycles. The van der Waals surface area contributed by atoms with Crippen LogP contribution < -0.4 is 34.4 Å². The summed E-state index contributed by atoms with van der Waals surface area (Å²) < 4.78 is 0. The summed E-state index contributed by atoms with van der Waals surface area (Å²) in [6.45, 7) is 0.664. The molecule has 0 saturated heterocycles. The molecule has 11 heavy (non-hydrogen) atoms. The van der Waals surface area contributed by atoms with E-state index in [1.54, 1.807) is 0 Å². The second-order valence-corrected chi connectivity index (χ2v) is 2.26. The maximum atomic E-state index is 4.92. The van der Waals surface area contributed by atoms with Gasteiger partial charge in [0.05, 0.1) is 6.61 Å². The molecule has 3 heteroatoms. The van der Waals surface area contributed by atoms with E-state index >= 15 is 0 Å². The third kappa shape index (κ3) is 1.97. The molecule has 0 radical (unpaired) electrons. The standard InChI is InChI=1S/C8H8O2.Na.H/c1-2-4-8-7(3-1)5-6-9-10-8;;/h1-4H,5-6H2;;/q;+1;-1. The van der Waals surface area contributed by atoms with Crippen LogP contribution in [-0.2, 0) is 11.3 Å². The van der Waals surface area contributed by atoms with Gasteiger partial charge < -0.3 is 6.31 Å². The third-order valence-electron chi connectivity index (χ3n) is 1.58. The molecular weight excluding hydrogens is 151 g/mol. The van der Waals surface area contributed by atoms with Crippen molar-refractivity contribution in [2.45, 2.75) is 6.42 Å². The molecule has 0 spiro atoms. The monoisotopic (exact) mass is 160 g/mol. The maximum Gasteiger partial charge on any atom is 1.00 e. The van der Waals surface area contributed by atoms with Gasteiger partial charge in [-0.3, -0.25) is 0 Å². The van der Waals surface area contributed by atoms with E-state index in [2.05, 4.69) is 6.07 Å². The summed E-state index contributed by atoms with van der Waals surface area (Å²) in [5.41, 5.74) is 1.23. The SMILES string of the molecule is [H-].[Na+].c1ccc2c(c1)CCOO2. The third-order valence-corrected chi connectivity index (χ3v) is 1.58. The van der Waals surface area contributed by atoms with E-state index in [0.717, 1.165) is 12.2 Å². The molecule has 1 aromatic rings. The van der Waals surface area contributed by atoms with Gasteiger partial charge in [-0.05, 0) is 6.07 Å². The predicted molar refractivity (Wildman–Crippen MR) is 37.8 cm³/mol. The Morgan fingerprint density at radius 2 is 2.09 bits per heavy atom. The molecule has 0 saturated carbocycles. The van der Waals surface area contributed by atoms with Crippen molar-refractivity contribution < 1.29 is 40.8 Å². The van der Waals surface area contributed by atoms with E-state index < -0.39 is 0 Å². The fourth-order valence-electron chi connectivity index (χ4n) is 1.05. The van der Waals surface area contributed by atoms with E-state index in [1.807, 2.05) is 18.2 Å². The van der Waals surface area contributed by atoms with Gasteiger partial charge in [-0.1, -0.05) is 18.2 Å². The van der Waals surface area contributed by atoms with Crippen molar-refractivity contribution in [3.8, 4) is 5.75 Å². The summed E-state index contributed by atoms with van der Waals surface area (Å²) >= 11 is 0. The van der Waals surface area contributed by atoms with E-state index in [1.165, 1.54) is 5.56 Å². The minimum absolute atomic E-state index is 0. The molecule has 1 aliphatic heterocycles. The topological polar surface area (TPSA) is 18.5 Å². The van der Waals surface area contributed by atoms with Gasteiger partial charge in [-0.2, -0.15) is 4.89 Å². The Bertz CT molecular complexity index is 217. The van der Waals surface area contributed by atoms with Crippen molar-refractivity contribution in [2.24, 2.45) is 0 Å². The number of hydrogen-bond acceptors (Lipinski definition) is 2. The molecular formula is C8H9NaO2. The van der Waals surface area contributed by atoms with E-state index in [4.69, 9.17) is 9.78 Å². The van der Waals surface area contributed by atoms with Crippen molar-refractivity contribution in [2.75, 3.05) is 6.61 Å². The molecule has 0 fully saturated rings. The molecule has 1 heterocycles. The van der Waals surface area contributed by atoms with Crippen LogP contribution in [-0.4, -0.2) is 6.61 Å². The van der Waals surface area contributed by atoms with Gasteiger partial charge in [0.15, 0.2) is 5.75 Å². The van der Waals surface area contributed by atoms with E-state index in [0.29, 0.717) is 6.61 Å². The van der Waals surface area contributed by atoms with E-state index in [9.17, 15) is 0 Å². The van der Waals surface area contributed by atoms with Crippen LogP contribution in [0.1, 0.15) is 6.99 Å². The second-order valence-electron chi connectivity index (χ2n) is 2.26. The largest absolute Gasteiger partial charge is 1.00 e. The molecule has 0 aliphatic carbocycles. The van der Waals surface area contributed by atoms with Crippen LogP contribution >= 0.6 is 0 Å². The first-order valence-electron chi connectivity index (χ1n) is 3.34. The quantitative estimate of drug-likeness (QED) is 0.346. The van der Waals surface area contributed by atoms with Crippen molar-refractivity contribution in [1.29, 1.82) is 0 Å². The summed E-state index contributed by atoms with van der Waals surface area (Å²) in [7, 11) is 0. The fourth-order valence-corrected chi connectivity index (χ4v) is 1.05. The van der Waals surface area contributed by atoms with Crippen molar-refractivity contribution in [3.05, 3.63) is 29.8 Å². The van der Waals surface area contributed by atoms with Crippen LogP contribution in [0.25, 0.3) is 0 Å². The Morgan fingerprint density at radius 3 is 2.91 bits per heavy atom. The molecule has 2 rings (SSSR count). The van der Waals surface area contributed by atoms with Gasteiger partial charge in [0.25, 0.3) is 0 Å². The average molecular weight is 160 g/mol. The average Bonchev–Trinajstić information content (AvgIpc) is 2.05. The Labute approximate surface area is 89.2 Å². The van der Waals surface area contributed by atoms with Crippen LogP contribution in [0.5, 0.6) is 5.75 Å². The normalized spacial score (nSPS) is 14.2. The minimum Gasteiger partial charge on any atom is -1.00 e. The zero-order valence-corrected chi connectivity index (χ0v) is 8.54. The number of fused-ring (bicyclic) bond motifs is 1. The fraction of sp³-hybridized carbons (Fsp3) is 0.250. The summed E-state index contributed by atoms with van der Waals surface area (Å²) in [6.07, 6.45) is 0.955. The van der Waals surface area contributed by atoms with Crippen molar-refractivity contribution in [3.63, 3.8) is 0 Å². The molecule has 0 atom stereocenters. The number of benzene rings is 1. The van der Waals surface area contributed by atoms with Gasteiger partial charge in [-0.25, -0.2) is 0 Å². The first-order chi connectivity index (χ1) is 4.97. The van der Waals surface area contributed by atoms with Crippen LogP contribution in [0.4, 0.5) is 0 Å². The molecule has 0 bridgehead atoms. The first-order valence-corrected chi connectivity index (χ1v) is 3.34. The number of para-hydroxylation sites is 1. The molecule has 0 unspecified atom stereocenters. The van der Waals surface area contributed by atoms with Gasteiger partial charge in [0, 0.05) is 12.0 Å². The van der Waals surface area contributed by atoms with Gasteiger partial charge >= 0.3 is 29.6 Å². The van der Waals surface area contributed by atoms with E-state index in [-0.39, 0.29) is 31.0 Å². The Balaban J connectivity index is 0.000000605. The van der Waals surface area contributed by atoms with Crippen LogP contribution in [0.3, 0.4) is 0 Å². The zero-order chi connectivity index (χ0) is 6.81. The summed E-state index contributed by atoms with van der Waals surface area (Å²) in [5.74, 6) is 0.855. The Kier molecular flexibility index (Phi) is 3.40.